The number of carbonyl (C=O) groups excluding carboxylic acids is 1. The fourth-order valence-electron chi connectivity index (χ4n) is 2.64. The molecule has 0 atom stereocenters. The third-order valence-corrected chi connectivity index (χ3v) is 4.27. The first kappa shape index (κ1) is 15.3. The molecule has 4 heteroatoms. The van der Waals surface area contributed by atoms with Crippen molar-refractivity contribution < 1.29 is 4.79 Å². The van der Waals surface area contributed by atoms with Crippen molar-refractivity contribution in [2.24, 2.45) is 0 Å². The minimum absolute atomic E-state index is 0.278. The van der Waals surface area contributed by atoms with E-state index in [1.807, 2.05) is 30.0 Å². The van der Waals surface area contributed by atoms with E-state index in [2.05, 4.69) is 11.0 Å². The maximum atomic E-state index is 11.6. The van der Waals surface area contributed by atoms with Gasteiger partial charge in [0.15, 0.2) is 0 Å². The molecule has 0 radical (unpaired) electrons. The molecule has 0 aliphatic carbocycles. The molecule has 0 N–H and O–H groups in total. The van der Waals surface area contributed by atoms with Crippen LogP contribution in [0.4, 0.5) is 0 Å². The molecule has 1 saturated heterocycles. The third-order valence-electron chi connectivity index (χ3n) is 3.91. The standard InChI is InChI=1S/C16H23ClN2O/c1-2-16(20)19-12-10-18(11-13-19)9-5-7-14-6-3-4-8-15(14)17/h3-4,6,8H,2,5,7,9-13H2,1H3. The molecular weight excluding hydrogens is 272 g/mol. The maximum absolute atomic E-state index is 11.6. The highest BCUT2D eigenvalue weighted by molar-refractivity contribution is 6.31. The van der Waals surface area contributed by atoms with Crippen molar-refractivity contribution in [3.63, 3.8) is 0 Å². The van der Waals surface area contributed by atoms with E-state index in [9.17, 15) is 4.79 Å². The molecule has 1 aromatic rings. The molecule has 1 aliphatic rings. The number of amides is 1. The van der Waals surface area contributed by atoms with Crippen molar-refractivity contribution in [1.82, 2.24) is 9.80 Å². The Balaban J connectivity index is 1.69. The molecule has 1 fully saturated rings. The number of nitrogens with zero attached hydrogens (tertiary/aromatic N) is 2. The van der Waals surface area contributed by atoms with Crippen molar-refractivity contribution in [3.05, 3.63) is 34.9 Å². The van der Waals surface area contributed by atoms with Crippen LogP contribution in [0.15, 0.2) is 24.3 Å². The molecular formula is C16H23ClN2O. The minimum atomic E-state index is 0.278. The number of aryl methyl sites for hydroxylation is 1. The molecule has 3 nitrogen and oxygen atoms in total. The van der Waals surface area contributed by atoms with E-state index in [-0.39, 0.29) is 5.91 Å². The first-order chi connectivity index (χ1) is 9.70. The molecule has 1 heterocycles. The van der Waals surface area contributed by atoms with Crippen LogP contribution >= 0.6 is 11.6 Å². The summed E-state index contributed by atoms with van der Waals surface area (Å²) < 4.78 is 0. The van der Waals surface area contributed by atoms with E-state index in [0.717, 1.165) is 50.6 Å². The zero-order valence-corrected chi connectivity index (χ0v) is 12.9. The number of piperazine rings is 1. The quantitative estimate of drug-likeness (QED) is 0.834. The summed E-state index contributed by atoms with van der Waals surface area (Å²) in [5, 5.41) is 0.867. The Bertz CT molecular complexity index is 442. The number of carbonyl (C=O) groups is 1. The Morgan fingerprint density at radius 3 is 2.55 bits per heavy atom. The third kappa shape index (κ3) is 4.22. The van der Waals surface area contributed by atoms with Gasteiger partial charge in [-0.3, -0.25) is 9.69 Å². The molecule has 1 amide bonds. The van der Waals surface area contributed by atoms with Gasteiger partial charge in [-0.25, -0.2) is 0 Å². The summed E-state index contributed by atoms with van der Waals surface area (Å²) in [5.74, 6) is 0.278. The molecule has 0 unspecified atom stereocenters. The van der Waals surface area contributed by atoms with Crippen molar-refractivity contribution >= 4 is 17.5 Å². The summed E-state index contributed by atoms with van der Waals surface area (Å²) in [6.45, 7) is 6.75. The Labute approximate surface area is 126 Å². The van der Waals surface area contributed by atoms with Gasteiger partial charge in [0.05, 0.1) is 0 Å². The predicted octanol–water partition coefficient (Wildman–Crippen LogP) is 2.83. The van der Waals surface area contributed by atoms with Gasteiger partial charge in [0.2, 0.25) is 5.91 Å². The van der Waals surface area contributed by atoms with Crippen LogP contribution < -0.4 is 0 Å². The van der Waals surface area contributed by atoms with Crippen LogP contribution in [-0.2, 0) is 11.2 Å². The second kappa shape index (κ2) is 7.65. The van der Waals surface area contributed by atoms with Gasteiger partial charge >= 0.3 is 0 Å². The highest BCUT2D eigenvalue weighted by atomic mass is 35.5. The van der Waals surface area contributed by atoms with Crippen LogP contribution in [0.25, 0.3) is 0 Å². The van der Waals surface area contributed by atoms with Gasteiger partial charge in [0, 0.05) is 37.6 Å². The second-order valence-electron chi connectivity index (χ2n) is 5.27. The smallest absolute Gasteiger partial charge is 0.222 e. The topological polar surface area (TPSA) is 23.6 Å². The number of hydrogen-bond donors (Lipinski definition) is 0. The van der Waals surface area contributed by atoms with E-state index in [1.165, 1.54) is 5.56 Å². The summed E-state index contributed by atoms with van der Waals surface area (Å²) in [6, 6.07) is 8.05. The minimum Gasteiger partial charge on any atom is -0.340 e. The molecule has 0 bridgehead atoms. The summed E-state index contributed by atoms with van der Waals surface area (Å²) in [5.41, 5.74) is 1.23. The van der Waals surface area contributed by atoms with Crippen LogP contribution in [0.3, 0.4) is 0 Å². The van der Waals surface area contributed by atoms with Gasteiger partial charge in [-0.2, -0.15) is 0 Å². The van der Waals surface area contributed by atoms with Gasteiger partial charge in [-0.05, 0) is 31.0 Å². The predicted molar refractivity (Wildman–Crippen MR) is 83.1 cm³/mol. The highest BCUT2D eigenvalue weighted by Gasteiger charge is 2.19. The number of halogens is 1. The summed E-state index contributed by atoms with van der Waals surface area (Å²) in [7, 11) is 0. The molecule has 2 rings (SSSR count). The van der Waals surface area contributed by atoms with Gasteiger partial charge in [0.1, 0.15) is 0 Å². The Hall–Kier alpha value is -1.06. The number of benzene rings is 1. The SMILES string of the molecule is CCC(=O)N1CCN(CCCc2ccccc2Cl)CC1. The Morgan fingerprint density at radius 2 is 1.90 bits per heavy atom. The lowest BCUT2D eigenvalue weighted by atomic mass is 10.1. The van der Waals surface area contributed by atoms with E-state index in [4.69, 9.17) is 11.6 Å². The normalized spacial score (nSPS) is 16.4. The lowest BCUT2D eigenvalue weighted by Gasteiger charge is -2.34. The highest BCUT2D eigenvalue weighted by Crippen LogP contribution is 2.16. The van der Waals surface area contributed by atoms with Crippen LogP contribution in [-0.4, -0.2) is 48.4 Å². The van der Waals surface area contributed by atoms with Crippen molar-refractivity contribution in [3.8, 4) is 0 Å². The van der Waals surface area contributed by atoms with Gasteiger partial charge in [0.25, 0.3) is 0 Å². The van der Waals surface area contributed by atoms with E-state index >= 15 is 0 Å². The van der Waals surface area contributed by atoms with Gasteiger partial charge in [-0.15, -0.1) is 0 Å². The number of rotatable bonds is 5. The average Bonchev–Trinajstić information content (AvgIpc) is 2.49. The fraction of sp³-hybridized carbons (Fsp3) is 0.562. The molecule has 1 aliphatic heterocycles. The van der Waals surface area contributed by atoms with Crippen LogP contribution in [0.1, 0.15) is 25.3 Å². The first-order valence-corrected chi connectivity index (χ1v) is 7.82. The fourth-order valence-corrected chi connectivity index (χ4v) is 2.87. The molecule has 1 aromatic carbocycles. The molecule has 0 aromatic heterocycles. The van der Waals surface area contributed by atoms with Crippen molar-refractivity contribution in [2.75, 3.05) is 32.7 Å². The summed E-state index contributed by atoms with van der Waals surface area (Å²) in [6.07, 6.45) is 2.76. The van der Waals surface area contributed by atoms with Gasteiger partial charge in [-0.1, -0.05) is 36.7 Å². The molecule has 20 heavy (non-hydrogen) atoms. The van der Waals surface area contributed by atoms with E-state index in [1.54, 1.807) is 0 Å². The lowest BCUT2D eigenvalue weighted by Crippen LogP contribution is -2.48. The Morgan fingerprint density at radius 1 is 1.20 bits per heavy atom. The summed E-state index contributed by atoms with van der Waals surface area (Å²) >= 11 is 6.16. The molecule has 0 spiro atoms. The molecule has 110 valence electrons. The zero-order valence-electron chi connectivity index (χ0n) is 12.1. The van der Waals surface area contributed by atoms with E-state index < -0.39 is 0 Å². The first-order valence-electron chi connectivity index (χ1n) is 7.44. The lowest BCUT2D eigenvalue weighted by molar-refractivity contribution is -0.132. The van der Waals surface area contributed by atoms with E-state index in [0.29, 0.717) is 6.42 Å². The van der Waals surface area contributed by atoms with Gasteiger partial charge < -0.3 is 4.90 Å². The van der Waals surface area contributed by atoms with Crippen LogP contribution in [0, 0.1) is 0 Å². The largest absolute Gasteiger partial charge is 0.340 e. The second-order valence-corrected chi connectivity index (χ2v) is 5.68. The monoisotopic (exact) mass is 294 g/mol. The molecule has 0 saturated carbocycles. The zero-order chi connectivity index (χ0) is 14.4. The van der Waals surface area contributed by atoms with Crippen molar-refractivity contribution in [1.29, 1.82) is 0 Å². The van der Waals surface area contributed by atoms with Crippen molar-refractivity contribution in [2.45, 2.75) is 26.2 Å². The Kier molecular flexibility index (Phi) is 5.86. The average molecular weight is 295 g/mol. The summed E-state index contributed by atoms with van der Waals surface area (Å²) in [4.78, 5) is 16.0. The number of hydrogen-bond acceptors (Lipinski definition) is 2. The maximum Gasteiger partial charge on any atom is 0.222 e. The van der Waals surface area contributed by atoms with Crippen LogP contribution in [0.5, 0.6) is 0 Å². The van der Waals surface area contributed by atoms with Crippen LogP contribution in [0.2, 0.25) is 5.02 Å².